The predicted octanol–water partition coefficient (Wildman–Crippen LogP) is 4.18. The van der Waals surface area contributed by atoms with Gasteiger partial charge >= 0.3 is 0 Å². The second-order valence-corrected chi connectivity index (χ2v) is 6.33. The van der Waals surface area contributed by atoms with Gasteiger partial charge in [0.25, 0.3) is 0 Å². The van der Waals surface area contributed by atoms with E-state index in [1.165, 1.54) is 0 Å². The fraction of sp³-hybridized carbons (Fsp3) is 0.533. The SMILES string of the molecule is C[C@@H](N)c1ccc(Br)cc1OCCCC(C)(C)C#N. The summed E-state index contributed by atoms with van der Waals surface area (Å²) in [4.78, 5) is 0. The van der Waals surface area contributed by atoms with Crippen LogP contribution in [0.3, 0.4) is 0 Å². The van der Waals surface area contributed by atoms with Crippen LogP contribution in [0.15, 0.2) is 22.7 Å². The summed E-state index contributed by atoms with van der Waals surface area (Å²) in [5.74, 6) is 0.819. The van der Waals surface area contributed by atoms with Crippen LogP contribution in [0.4, 0.5) is 0 Å². The van der Waals surface area contributed by atoms with Crippen molar-refractivity contribution in [1.29, 1.82) is 5.26 Å². The number of benzene rings is 1. The number of hydrogen-bond acceptors (Lipinski definition) is 3. The molecular formula is C15H21BrN2O. The highest BCUT2D eigenvalue weighted by Gasteiger charge is 2.16. The van der Waals surface area contributed by atoms with Crippen LogP contribution in [0.25, 0.3) is 0 Å². The third kappa shape index (κ3) is 5.22. The quantitative estimate of drug-likeness (QED) is 0.798. The molecule has 104 valence electrons. The van der Waals surface area contributed by atoms with Crippen molar-refractivity contribution in [3.63, 3.8) is 0 Å². The molecule has 0 aromatic heterocycles. The second-order valence-electron chi connectivity index (χ2n) is 5.42. The molecule has 1 rings (SSSR count). The zero-order valence-electron chi connectivity index (χ0n) is 11.7. The van der Waals surface area contributed by atoms with Crippen LogP contribution in [-0.4, -0.2) is 6.61 Å². The molecule has 2 N–H and O–H groups in total. The van der Waals surface area contributed by atoms with Crippen molar-refractivity contribution >= 4 is 15.9 Å². The standard InChI is InChI=1S/C15H21BrN2O/c1-11(18)13-6-5-12(16)9-14(13)19-8-4-7-15(2,3)10-17/h5-6,9,11H,4,7-8,18H2,1-3H3/t11-/m1/s1. The van der Waals surface area contributed by atoms with Gasteiger partial charge in [-0.3, -0.25) is 0 Å². The van der Waals surface area contributed by atoms with Gasteiger partial charge in [-0.25, -0.2) is 0 Å². The summed E-state index contributed by atoms with van der Waals surface area (Å²) in [5.41, 5.74) is 6.64. The van der Waals surface area contributed by atoms with Crippen molar-refractivity contribution in [2.24, 2.45) is 11.1 Å². The molecule has 0 saturated carbocycles. The minimum absolute atomic E-state index is 0.0568. The van der Waals surface area contributed by atoms with Crippen LogP contribution in [0.5, 0.6) is 5.75 Å². The lowest BCUT2D eigenvalue weighted by Gasteiger charge is -2.17. The van der Waals surface area contributed by atoms with Gasteiger partial charge in [0.1, 0.15) is 5.75 Å². The molecule has 0 aliphatic carbocycles. The van der Waals surface area contributed by atoms with E-state index in [4.69, 9.17) is 15.7 Å². The summed E-state index contributed by atoms with van der Waals surface area (Å²) >= 11 is 3.43. The summed E-state index contributed by atoms with van der Waals surface area (Å²) in [7, 11) is 0. The zero-order valence-corrected chi connectivity index (χ0v) is 13.3. The lowest BCUT2D eigenvalue weighted by atomic mass is 9.90. The Morgan fingerprint density at radius 1 is 1.47 bits per heavy atom. The van der Waals surface area contributed by atoms with Crippen LogP contribution in [0, 0.1) is 16.7 Å². The average Bonchev–Trinajstić information content (AvgIpc) is 2.34. The molecule has 3 nitrogen and oxygen atoms in total. The van der Waals surface area contributed by atoms with Gasteiger partial charge in [0.15, 0.2) is 0 Å². The number of nitrogens with two attached hydrogens (primary N) is 1. The molecule has 4 heteroatoms. The first-order valence-electron chi connectivity index (χ1n) is 6.45. The molecule has 1 aromatic carbocycles. The molecule has 0 unspecified atom stereocenters. The highest BCUT2D eigenvalue weighted by Crippen LogP contribution is 2.28. The summed E-state index contributed by atoms with van der Waals surface area (Å²) in [6, 6.07) is 8.12. The van der Waals surface area contributed by atoms with E-state index < -0.39 is 0 Å². The highest BCUT2D eigenvalue weighted by atomic mass is 79.9. The molecular weight excluding hydrogens is 304 g/mol. The van der Waals surface area contributed by atoms with Gasteiger partial charge in [-0.15, -0.1) is 0 Å². The van der Waals surface area contributed by atoms with E-state index in [9.17, 15) is 0 Å². The van der Waals surface area contributed by atoms with Crippen molar-refractivity contribution in [2.75, 3.05) is 6.61 Å². The fourth-order valence-electron chi connectivity index (χ4n) is 1.76. The van der Waals surface area contributed by atoms with Crippen LogP contribution >= 0.6 is 15.9 Å². The first kappa shape index (κ1) is 16.0. The monoisotopic (exact) mass is 324 g/mol. The first-order chi connectivity index (χ1) is 8.85. The third-order valence-electron chi connectivity index (χ3n) is 2.97. The molecule has 0 fully saturated rings. The second kappa shape index (κ2) is 6.93. The number of nitriles is 1. The molecule has 0 bridgehead atoms. The predicted molar refractivity (Wildman–Crippen MR) is 80.9 cm³/mol. The van der Waals surface area contributed by atoms with Crippen molar-refractivity contribution in [2.45, 2.75) is 39.7 Å². The number of hydrogen-bond donors (Lipinski definition) is 1. The number of ether oxygens (including phenoxy) is 1. The summed E-state index contributed by atoms with van der Waals surface area (Å²) in [6.07, 6.45) is 1.68. The smallest absolute Gasteiger partial charge is 0.125 e. The van der Waals surface area contributed by atoms with Gasteiger partial charge in [-0.1, -0.05) is 22.0 Å². The minimum Gasteiger partial charge on any atom is -0.493 e. The molecule has 19 heavy (non-hydrogen) atoms. The zero-order chi connectivity index (χ0) is 14.5. The molecule has 0 saturated heterocycles. The number of rotatable bonds is 6. The Kier molecular flexibility index (Phi) is 5.84. The van der Waals surface area contributed by atoms with Gasteiger partial charge in [0.05, 0.1) is 18.1 Å². The fourth-order valence-corrected chi connectivity index (χ4v) is 2.10. The maximum absolute atomic E-state index is 8.95. The number of halogens is 1. The van der Waals surface area contributed by atoms with Crippen LogP contribution < -0.4 is 10.5 Å². The van der Waals surface area contributed by atoms with E-state index in [0.717, 1.165) is 28.6 Å². The largest absolute Gasteiger partial charge is 0.493 e. The van der Waals surface area contributed by atoms with Crippen LogP contribution in [0.2, 0.25) is 0 Å². The van der Waals surface area contributed by atoms with E-state index in [1.54, 1.807) is 0 Å². The Bertz CT molecular complexity index is 464. The van der Waals surface area contributed by atoms with Gasteiger partial charge < -0.3 is 10.5 Å². The van der Waals surface area contributed by atoms with Crippen molar-refractivity contribution in [1.82, 2.24) is 0 Å². The Hall–Kier alpha value is -1.05. The topological polar surface area (TPSA) is 59.0 Å². The van der Waals surface area contributed by atoms with E-state index in [2.05, 4.69) is 22.0 Å². The highest BCUT2D eigenvalue weighted by molar-refractivity contribution is 9.10. The Balaban J connectivity index is 2.58. The van der Waals surface area contributed by atoms with Gasteiger partial charge in [-0.2, -0.15) is 5.26 Å². The number of nitrogens with zero attached hydrogens (tertiary/aromatic N) is 1. The summed E-state index contributed by atoms with van der Waals surface area (Å²) < 4.78 is 6.78. The summed E-state index contributed by atoms with van der Waals surface area (Å²) in [5, 5.41) is 8.95. The lowest BCUT2D eigenvalue weighted by molar-refractivity contribution is 0.281. The van der Waals surface area contributed by atoms with Gasteiger partial charge in [-0.05, 0) is 45.7 Å². The summed E-state index contributed by atoms with van der Waals surface area (Å²) in [6.45, 7) is 6.43. The van der Waals surface area contributed by atoms with E-state index in [1.807, 2.05) is 39.0 Å². The molecule has 1 atom stereocenters. The molecule has 0 radical (unpaired) electrons. The van der Waals surface area contributed by atoms with E-state index in [0.29, 0.717) is 6.61 Å². The maximum Gasteiger partial charge on any atom is 0.125 e. The molecule has 0 aliphatic heterocycles. The van der Waals surface area contributed by atoms with E-state index in [-0.39, 0.29) is 11.5 Å². The third-order valence-corrected chi connectivity index (χ3v) is 3.47. The Labute approximate surface area is 123 Å². The molecule has 0 amide bonds. The maximum atomic E-state index is 8.95. The van der Waals surface area contributed by atoms with Crippen LogP contribution in [-0.2, 0) is 0 Å². The molecule has 1 aromatic rings. The molecule has 0 aliphatic rings. The molecule has 0 heterocycles. The van der Waals surface area contributed by atoms with E-state index >= 15 is 0 Å². The average molecular weight is 325 g/mol. The van der Waals surface area contributed by atoms with Gasteiger partial charge in [0, 0.05) is 16.1 Å². The van der Waals surface area contributed by atoms with Crippen molar-refractivity contribution in [3.05, 3.63) is 28.2 Å². The van der Waals surface area contributed by atoms with Crippen LogP contribution in [0.1, 0.15) is 45.2 Å². The normalized spacial score (nSPS) is 12.8. The minimum atomic E-state index is -0.287. The molecule has 0 spiro atoms. The van der Waals surface area contributed by atoms with Crippen molar-refractivity contribution < 1.29 is 4.74 Å². The Morgan fingerprint density at radius 2 is 2.16 bits per heavy atom. The lowest BCUT2D eigenvalue weighted by Crippen LogP contribution is -2.12. The van der Waals surface area contributed by atoms with Crippen molar-refractivity contribution in [3.8, 4) is 11.8 Å². The first-order valence-corrected chi connectivity index (χ1v) is 7.24. The van der Waals surface area contributed by atoms with Gasteiger partial charge in [0.2, 0.25) is 0 Å². The Morgan fingerprint density at radius 3 is 2.74 bits per heavy atom.